The van der Waals surface area contributed by atoms with E-state index >= 15 is 0 Å². The van der Waals surface area contributed by atoms with Crippen molar-refractivity contribution in [3.63, 3.8) is 0 Å². The summed E-state index contributed by atoms with van der Waals surface area (Å²) in [5.41, 5.74) is 1.68. The molecule has 0 aliphatic carbocycles. The van der Waals surface area contributed by atoms with Gasteiger partial charge >= 0.3 is 5.97 Å². The van der Waals surface area contributed by atoms with Crippen LogP contribution in [0.1, 0.15) is 24.1 Å². The van der Waals surface area contributed by atoms with Crippen LogP contribution in [0, 0.1) is 0 Å². The molecule has 31 heavy (non-hydrogen) atoms. The Kier molecular flexibility index (Phi) is 7.08. The minimum absolute atomic E-state index is 0.0915. The molecule has 11 heteroatoms. The van der Waals surface area contributed by atoms with E-state index in [9.17, 15) is 30.3 Å². The number of methoxy groups -OCH3 is 1. The molecule has 0 amide bonds. The van der Waals surface area contributed by atoms with Crippen LogP contribution in [0.5, 0.6) is 0 Å². The van der Waals surface area contributed by atoms with Gasteiger partial charge in [-0.05, 0) is 12.5 Å². The van der Waals surface area contributed by atoms with Crippen molar-refractivity contribution in [1.29, 1.82) is 0 Å². The normalized spacial score (nSPS) is 36.0. The number of aliphatic hydroxyl groups excluding tert-OH is 4. The summed E-state index contributed by atoms with van der Waals surface area (Å²) in [4.78, 5) is 12.3. The number of thiocarbonyl (C=S) groups is 1. The van der Waals surface area contributed by atoms with Gasteiger partial charge in [-0.2, -0.15) is 0 Å². The first-order valence-corrected chi connectivity index (χ1v) is 10.1. The molecule has 10 nitrogen and oxygen atoms in total. The van der Waals surface area contributed by atoms with Crippen molar-refractivity contribution in [3.05, 3.63) is 46.7 Å². The lowest BCUT2D eigenvalue weighted by atomic mass is 9.87. The van der Waals surface area contributed by atoms with Crippen molar-refractivity contribution in [3.8, 4) is 0 Å². The maximum atomic E-state index is 12.3. The number of hydrogen-bond donors (Lipinski definition) is 7. The van der Waals surface area contributed by atoms with Gasteiger partial charge < -0.3 is 40.3 Å². The van der Waals surface area contributed by atoms with Gasteiger partial charge in [-0.15, -0.1) is 0 Å². The third kappa shape index (κ3) is 4.23. The third-order valence-corrected chi connectivity index (χ3v) is 5.85. The summed E-state index contributed by atoms with van der Waals surface area (Å²) in [5, 5.41) is 58.3. The standard InChI is InChI=1S/C20H26N2O8S/c1-9-14(19(27)29-2)15(22-13(8-31)21-9)10-3-5-11(6-4-10)20(28)18(26)17(25)16(24)12(7-23)30-20/h3-6,8,12-13,15-18,21-26,28H,7H2,1-2H3/t12-,13?,15?,16-,17-,18-,20-/m1/s1. The van der Waals surface area contributed by atoms with E-state index < -0.39 is 48.8 Å². The molecule has 1 aromatic carbocycles. The van der Waals surface area contributed by atoms with Crippen molar-refractivity contribution in [1.82, 2.24) is 10.6 Å². The Bertz CT molecular complexity index is 861. The number of benzene rings is 1. The Morgan fingerprint density at radius 3 is 2.45 bits per heavy atom. The van der Waals surface area contributed by atoms with Crippen molar-refractivity contribution < 1.29 is 39.8 Å². The minimum Gasteiger partial charge on any atom is -0.466 e. The van der Waals surface area contributed by atoms with Crippen LogP contribution in [-0.2, 0) is 20.1 Å². The molecule has 1 fully saturated rings. The van der Waals surface area contributed by atoms with Gasteiger partial charge in [0.1, 0.15) is 30.6 Å². The molecule has 2 aliphatic heterocycles. The maximum Gasteiger partial charge on any atom is 0.337 e. The second-order valence-electron chi connectivity index (χ2n) is 7.47. The van der Waals surface area contributed by atoms with E-state index in [0.717, 1.165) is 0 Å². The molecule has 2 aliphatic rings. The molecule has 0 saturated carbocycles. The summed E-state index contributed by atoms with van der Waals surface area (Å²) in [6.07, 6.45) is -6.83. The van der Waals surface area contributed by atoms with Crippen molar-refractivity contribution >= 4 is 23.6 Å². The molecule has 0 bridgehead atoms. The van der Waals surface area contributed by atoms with E-state index in [1.54, 1.807) is 19.1 Å². The van der Waals surface area contributed by atoms with Gasteiger partial charge in [0.25, 0.3) is 0 Å². The van der Waals surface area contributed by atoms with Gasteiger partial charge in [-0.3, -0.25) is 5.32 Å². The van der Waals surface area contributed by atoms with Gasteiger partial charge in [0.05, 0.1) is 25.3 Å². The largest absolute Gasteiger partial charge is 0.466 e. The molecule has 2 unspecified atom stereocenters. The fourth-order valence-corrected chi connectivity index (χ4v) is 4.00. The summed E-state index contributed by atoms with van der Waals surface area (Å²) in [6.45, 7) is 1.06. The van der Waals surface area contributed by atoms with Crippen LogP contribution in [0.4, 0.5) is 0 Å². The second kappa shape index (κ2) is 9.27. The number of nitrogens with one attached hydrogen (secondary N) is 2. The lowest BCUT2D eigenvalue weighted by molar-refractivity contribution is -0.357. The number of carbonyl (C=O) groups excluding carboxylic acids is 1. The Balaban J connectivity index is 1.95. The van der Waals surface area contributed by atoms with Crippen LogP contribution in [-0.4, -0.2) is 81.2 Å². The molecular formula is C20H26N2O8S. The highest BCUT2D eigenvalue weighted by molar-refractivity contribution is 7.79. The van der Waals surface area contributed by atoms with Crippen LogP contribution >= 0.6 is 12.2 Å². The maximum absolute atomic E-state index is 12.3. The molecule has 0 radical (unpaired) electrons. The molecule has 7 N–H and O–H groups in total. The molecule has 2 heterocycles. The van der Waals surface area contributed by atoms with Crippen LogP contribution in [0.15, 0.2) is 35.5 Å². The first kappa shape index (κ1) is 23.7. The zero-order chi connectivity index (χ0) is 22.9. The molecule has 0 spiro atoms. The van der Waals surface area contributed by atoms with E-state index in [4.69, 9.17) is 21.7 Å². The molecule has 1 aromatic rings. The highest BCUT2D eigenvalue weighted by Gasteiger charge is 2.53. The molecule has 1 saturated heterocycles. The lowest BCUT2D eigenvalue weighted by Crippen LogP contribution is -2.63. The van der Waals surface area contributed by atoms with E-state index in [0.29, 0.717) is 16.8 Å². The highest BCUT2D eigenvalue weighted by atomic mass is 32.1. The zero-order valence-corrected chi connectivity index (χ0v) is 17.7. The zero-order valence-electron chi connectivity index (χ0n) is 16.9. The van der Waals surface area contributed by atoms with E-state index in [1.807, 2.05) is 0 Å². The van der Waals surface area contributed by atoms with Crippen LogP contribution in [0.2, 0.25) is 0 Å². The highest BCUT2D eigenvalue weighted by Crippen LogP contribution is 2.37. The van der Waals surface area contributed by atoms with Crippen LogP contribution in [0.3, 0.4) is 0 Å². The first-order valence-electron chi connectivity index (χ1n) is 9.60. The van der Waals surface area contributed by atoms with Crippen molar-refractivity contribution in [2.24, 2.45) is 0 Å². The molecule has 7 atom stereocenters. The third-order valence-electron chi connectivity index (χ3n) is 5.58. The monoisotopic (exact) mass is 454 g/mol. The number of aliphatic hydroxyl groups is 5. The predicted molar refractivity (Wildman–Crippen MR) is 111 cm³/mol. The number of esters is 1. The summed E-state index contributed by atoms with van der Waals surface area (Å²) in [7, 11) is 1.28. The molecule has 0 aromatic heterocycles. The molecule has 3 rings (SSSR count). The fraction of sp³-hybridized carbons (Fsp3) is 0.500. The summed E-state index contributed by atoms with van der Waals surface area (Å²) < 4.78 is 10.2. The van der Waals surface area contributed by atoms with E-state index in [1.165, 1.54) is 24.6 Å². The van der Waals surface area contributed by atoms with Crippen LogP contribution in [0.25, 0.3) is 0 Å². The molecule has 170 valence electrons. The molecular weight excluding hydrogens is 428 g/mol. The smallest absolute Gasteiger partial charge is 0.337 e. The average Bonchev–Trinajstić information content (AvgIpc) is 2.79. The van der Waals surface area contributed by atoms with E-state index in [2.05, 4.69) is 10.6 Å². The summed E-state index contributed by atoms with van der Waals surface area (Å²) in [6, 6.07) is 5.55. The van der Waals surface area contributed by atoms with Crippen molar-refractivity contribution in [2.75, 3.05) is 13.7 Å². The van der Waals surface area contributed by atoms with Gasteiger partial charge in [-0.25, -0.2) is 4.79 Å². The summed E-state index contributed by atoms with van der Waals surface area (Å²) >= 11 is 5.01. The number of rotatable bonds is 5. The Morgan fingerprint density at radius 1 is 1.26 bits per heavy atom. The number of carbonyl (C=O) groups is 1. The minimum atomic E-state index is -2.36. The second-order valence-corrected chi connectivity index (χ2v) is 7.74. The Labute approximate surface area is 184 Å². The van der Waals surface area contributed by atoms with Gasteiger partial charge in [0.15, 0.2) is 0 Å². The van der Waals surface area contributed by atoms with Crippen LogP contribution < -0.4 is 10.6 Å². The van der Waals surface area contributed by atoms with Gasteiger partial charge in [0, 0.05) is 16.6 Å². The van der Waals surface area contributed by atoms with E-state index in [-0.39, 0.29) is 11.7 Å². The van der Waals surface area contributed by atoms with Gasteiger partial charge in [-0.1, -0.05) is 36.5 Å². The summed E-state index contributed by atoms with van der Waals surface area (Å²) in [5.74, 6) is -2.89. The Morgan fingerprint density at radius 2 is 1.90 bits per heavy atom. The SMILES string of the molecule is COC(=O)C1=C(C)NC(C=S)NC1c1ccc([C@@]2(O)O[C@H](CO)[C@@H](O)[C@@H](O)[C@H]2O)cc1. The Hall–Kier alpha value is -1.96. The quantitative estimate of drug-likeness (QED) is 0.201. The average molecular weight is 455 g/mol. The number of allylic oxidation sites excluding steroid dienone is 1. The first-order chi connectivity index (χ1) is 14.7. The lowest BCUT2D eigenvalue weighted by Gasteiger charge is -2.45. The topological polar surface area (TPSA) is 161 Å². The fourth-order valence-electron chi connectivity index (χ4n) is 3.86. The van der Waals surface area contributed by atoms with Crippen molar-refractivity contribution in [2.45, 2.75) is 49.3 Å². The number of hydrogen-bond acceptors (Lipinski definition) is 11. The number of ether oxygens (including phenoxy) is 2. The predicted octanol–water partition coefficient (Wildman–Crippen LogP) is -1.69. The van der Waals surface area contributed by atoms with Gasteiger partial charge in [0.2, 0.25) is 5.79 Å².